The normalized spacial score (nSPS) is 14.5. The summed E-state index contributed by atoms with van der Waals surface area (Å²) in [4.78, 5) is 16.9. The van der Waals surface area contributed by atoms with Crippen molar-refractivity contribution in [2.75, 3.05) is 22.7 Å². The molecule has 0 spiro atoms. The molecule has 0 atom stereocenters. The summed E-state index contributed by atoms with van der Waals surface area (Å²) in [5, 5.41) is 0.897. The number of aryl methyl sites for hydroxylation is 1. The highest BCUT2D eigenvalue weighted by Gasteiger charge is 2.29. The van der Waals surface area contributed by atoms with Gasteiger partial charge in [0.15, 0.2) is 0 Å². The number of sulfonamides is 1. The van der Waals surface area contributed by atoms with Crippen LogP contribution in [0.4, 0.5) is 16.2 Å². The second-order valence-electron chi connectivity index (χ2n) is 7.90. The molecular formula is C24H23Cl2N3O3S. The molecule has 0 bridgehead atoms. The summed E-state index contributed by atoms with van der Waals surface area (Å²) in [5.41, 5.74) is 2.63. The van der Waals surface area contributed by atoms with Crippen LogP contribution in [0.15, 0.2) is 71.6 Å². The minimum Gasteiger partial charge on any atom is -0.320 e. The number of hydrogen-bond donors (Lipinski definition) is 1. The van der Waals surface area contributed by atoms with Crippen LogP contribution in [0.25, 0.3) is 0 Å². The summed E-state index contributed by atoms with van der Waals surface area (Å²) in [7, 11) is -3.81. The highest BCUT2D eigenvalue weighted by atomic mass is 35.5. The SMILES string of the molecule is Cc1ccc(N2CCCN(Cc3ccc(Cl)c(Cl)c3)C2=O)c(NS(=O)(=O)c2ccccc2)c1. The van der Waals surface area contributed by atoms with Crippen LogP contribution in [0.5, 0.6) is 0 Å². The molecule has 1 aliphatic rings. The quantitative estimate of drug-likeness (QED) is 0.452. The Morgan fingerprint density at radius 2 is 1.70 bits per heavy atom. The molecule has 172 valence electrons. The van der Waals surface area contributed by atoms with Crippen molar-refractivity contribution in [3.05, 3.63) is 87.9 Å². The van der Waals surface area contributed by atoms with E-state index in [0.717, 1.165) is 17.5 Å². The van der Waals surface area contributed by atoms with E-state index in [1.54, 1.807) is 52.3 Å². The molecule has 1 heterocycles. The first-order chi connectivity index (χ1) is 15.7. The Labute approximate surface area is 203 Å². The van der Waals surface area contributed by atoms with Crippen molar-refractivity contribution in [1.82, 2.24) is 4.90 Å². The van der Waals surface area contributed by atoms with Crippen molar-refractivity contribution in [2.45, 2.75) is 24.8 Å². The lowest BCUT2D eigenvalue weighted by molar-refractivity contribution is 0.192. The third-order valence-electron chi connectivity index (χ3n) is 5.41. The number of anilines is 2. The molecule has 1 aliphatic heterocycles. The van der Waals surface area contributed by atoms with Crippen molar-refractivity contribution >= 4 is 50.6 Å². The number of nitrogens with zero attached hydrogens (tertiary/aromatic N) is 2. The largest absolute Gasteiger partial charge is 0.324 e. The lowest BCUT2D eigenvalue weighted by Gasteiger charge is -2.36. The molecule has 9 heteroatoms. The number of carbonyl (C=O) groups excluding carboxylic acids is 1. The monoisotopic (exact) mass is 503 g/mol. The lowest BCUT2D eigenvalue weighted by Crippen LogP contribution is -2.49. The minimum absolute atomic E-state index is 0.156. The fourth-order valence-electron chi connectivity index (χ4n) is 3.78. The zero-order valence-electron chi connectivity index (χ0n) is 18.0. The summed E-state index contributed by atoms with van der Waals surface area (Å²) >= 11 is 12.1. The van der Waals surface area contributed by atoms with Gasteiger partial charge in [-0.2, -0.15) is 0 Å². The van der Waals surface area contributed by atoms with E-state index in [2.05, 4.69) is 4.72 Å². The second kappa shape index (κ2) is 9.63. The minimum atomic E-state index is -3.81. The van der Waals surface area contributed by atoms with E-state index in [1.165, 1.54) is 12.1 Å². The van der Waals surface area contributed by atoms with E-state index < -0.39 is 10.0 Å². The Kier molecular flexibility index (Phi) is 6.83. The summed E-state index contributed by atoms with van der Waals surface area (Å²) in [6.45, 7) is 3.33. The van der Waals surface area contributed by atoms with Gasteiger partial charge in [0.05, 0.1) is 26.3 Å². The molecule has 3 aromatic carbocycles. The van der Waals surface area contributed by atoms with Crippen molar-refractivity contribution in [3.63, 3.8) is 0 Å². The number of nitrogens with one attached hydrogen (secondary N) is 1. The summed E-state index contributed by atoms with van der Waals surface area (Å²) in [5.74, 6) is 0. The van der Waals surface area contributed by atoms with Gasteiger partial charge >= 0.3 is 6.03 Å². The molecule has 1 N–H and O–H groups in total. The lowest BCUT2D eigenvalue weighted by atomic mass is 10.1. The van der Waals surface area contributed by atoms with Crippen LogP contribution in [0.3, 0.4) is 0 Å². The standard InChI is InChI=1S/C24H23Cl2N3O3S/c1-17-8-11-23(22(14-17)27-33(31,32)19-6-3-2-4-7-19)29-13-5-12-28(24(29)30)16-18-9-10-20(25)21(26)15-18/h2-4,6-11,14-15,27H,5,12-13,16H2,1H3. The summed E-state index contributed by atoms with van der Waals surface area (Å²) in [6.07, 6.45) is 0.742. The number of carbonyl (C=O) groups is 1. The molecule has 0 saturated carbocycles. The van der Waals surface area contributed by atoms with Crippen molar-refractivity contribution in [1.29, 1.82) is 0 Å². The van der Waals surface area contributed by atoms with E-state index in [-0.39, 0.29) is 10.9 Å². The van der Waals surface area contributed by atoms with Gasteiger partial charge in [-0.15, -0.1) is 0 Å². The Morgan fingerprint density at radius 1 is 0.939 bits per heavy atom. The first-order valence-corrected chi connectivity index (χ1v) is 12.7. The van der Waals surface area contributed by atoms with Crippen LogP contribution in [0, 0.1) is 6.92 Å². The van der Waals surface area contributed by atoms with Crippen molar-refractivity contribution < 1.29 is 13.2 Å². The molecule has 33 heavy (non-hydrogen) atoms. The van der Waals surface area contributed by atoms with Gasteiger partial charge in [0.25, 0.3) is 10.0 Å². The van der Waals surface area contributed by atoms with Crippen LogP contribution >= 0.6 is 23.2 Å². The van der Waals surface area contributed by atoms with Gasteiger partial charge in [0, 0.05) is 19.6 Å². The van der Waals surface area contributed by atoms with Crippen LogP contribution in [0.1, 0.15) is 17.5 Å². The third kappa shape index (κ3) is 5.27. The summed E-state index contributed by atoms with van der Waals surface area (Å²) in [6, 6.07) is 18.6. The highest BCUT2D eigenvalue weighted by molar-refractivity contribution is 7.92. The molecule has 3 aromatic rings. The van der Waals surface area contributed by atoms with Gasteiger partial charge < -0.3 is 4.90 Å². The summed E-state index contributed by atoms with van der Waals surface area (Å²) < 4.78 is 28.6. The van der Waals surface area contributed by atoms with Gasteiger partial charge in [-0.05, 0) is 60.9 Å². The van der Waals surface area contributed by atoms with E-state index >= 15 is 0 Å². The maximum Gasteiger partial charge on any atom is 0.324 e. The molecule has 2 amide bonds. The number of urea groups is 1. The molecule has 0 aliphatic carbocycles. The molecule has 1 fully saturated rings. The maximum absolute atomic E-state index is 13.4. The van der Waals surface area contributed by atoms with Crippen LogP contribution in [0.2, 0.25) is 10.0 Å². The molecular weight excluding hydrogens is 481 g/mol. The number of benzene rings is 3. The van der Waals surface area contributed by atoms with Gasteiger partial charge in [-0.25, -0.2) is 13.2 Å². The fraction of sp³-hybridized carbons (Fsp3) is 0.208. The average Bonchev–Trinajstić information content (AvgIpc) is 2.79. The first-order valence-electron chi connectivity index (χ1n) is 10.4. The average molecular weight is 504 g/mol. The van der Waals surface area contributed by atoms with Crippen molar-refractivity contribution in [3.8, 4) is 0 Å². The van der Waals surface area contributed by atoms with Crippen LogP contribution in [-0.4, -0.2) is 32.4 Å². The number of amides is 2. The Morgan fingerprint density at radius 3 is 2.42 bits per heavy atom. The van der Waals surface area contributed by atoms with Gasteiger partial charge in [-0.1, -0.05) is 53.5 Å². The molecule has 4 rings (SSSR count). The first kappa shape index (κ1) is 23.4. The molecule has 1 saturated heterocycles. The predicted octanol–water partition coefficient (Wildman–Crippen LogP) is 5.93. The molecule has 6 nitrogen and oxygen atoms in total. The van der Waals surface area contributed by atoms with Crippen LogP contribution < -0.4 is 9.62 Å². The molecule has 0 aromatic heterocycles. The fourth-order valence-corrected chi connectivity index (χ4v) is 5.19. The Bertz CT molecular complexity index is 1280. The Balaban J connectivity index is 1.61. The van der Waals surface area contributed by atoms with Crippen molar-refractivity contribution in [2.24, 2.45) is 0 Å². The van der Waals surface area contributed by atoms with E-state index in [4.69, 9.17) is 23.2 Å². The third-order valence-corrected chi connectivity index (χ3v) is 7.53. The van der Waals surface area contributed by atoms with E-state index in [9.17, 15) is 13.2 Å². The molecule has 0 unspecified atom stereocenters. The maximum atomic E-state index is 13.4. The van der Waals surface area contributed by atoms with E-state index in [1.807, 2.05) is 19.1 Å². The smallest absolute Gasteiger partial charge is 0.320 e. The predicted molar refractivity (Wildman–Crippen MR) is 133 cm³/mol. The zero-order valence-corrected chi connectivity index (χ0v) is 20.3. The number of hydrogen-bond acceptors (Lipinski definition) is 3. The molecule has 0 radical (unpaired) electrons. The van der Waals surface area contributed by atoms with Gasteiger partial charge in [0.1, 0.15) is 0 Å². The zero-order chi connectivity index (χ0) is 23.6. The number of rotatable bonds is 6. The van der Waals surface area contributed by atoms with Gasteiger partial charge in [0.2, 0.25) is 0 Å². The topological polar surface area (TPSA) is 69.7 Å². The second-order valence-corrected chi connectivity index (χ2v) is 10.4. The Hall–Kier alpha value is -2.74. The number of halogens is 2. The van der Waals surface area contributed by atoms with Gasteiger partial charge in [-0.3, -0.25) is 9.62 Å². The van der Waals surface area contributed by atoms with Crippen LogP contribution in [-0.2, 0) is 16.6 Å². The van der Waals surface area contributed by atoms with E-state index in [0.29, 0.717) is 41.1 Å². The highest BCUT2D eigenvalue weighted by Crippen LogP contribution is 2.32.